The molecule has 1 amide bonds. The number of benzene rings is 3. The van der Waals surface area contributed by atoms with E-state index in [4.69, 9.17) is 14.6 Å². The van der Waals surface area contributed by atoms with Crippen molar-refractivity contribution in [3.05, 3.63) is 106 Å². The van der Waals surface area contributed by atoms with Crippen molar-refractivity contribution in [3.63, 3.8) is 0 Å². The lowest BCUT2D eigenvalue weighted by atomic mass is 9.77. The number of fused-ring (bicyclic) bond motifs is 1. The third-order valence-electron chi connectivity index (χ3n) is 6.71. The van der Waals surface area contributed by atoms with Gasteiger partial charge in [0.2, 0.25) is 0 Å². The fourth-order valence-electron chi connectivity index (χ4n) is 4.88. The van der Waals surface area contributed by atoms with Crippen molar-refractivity contribution in [1.29, 1.82) is 0 Å². The van der Waals surface area contributed by atoms with Crippen LogP contribution in [0.4, 0.5) is 8.78 Å². The van der Waals surface area contributed by atoms with Crippen LogP contribution in [0.2, 0.25) is 0 Å². The van der Waals surface area contributed by atoms with Crippen LogP contribution in [0, 0.1) is 17.6 Å². The number of nitrogens with zero attached hydrogens (tertiary/aromatic N) is 2. The van der Waals surface area contributed by atoms with Gasteiger partial charge in [-0.1, -0.05) is 40.2 Å². The van der Waals surface area contributed by atoms with E-state index >= 15 is 0 Å². The van der Waals surface area contributed by atoms with E-state index in [2.05, 4.69) is 15.9 Å². The number of hydrazone groups is 1. The highest BCUT2D eigenvalue weighted by Gasteiger charge is 2.43. The maximum absolute atomic E-state index is 13.7. The summed E-state index contributed by atoms with van der Waals surface area (Å²) < 4.78 is 38.6. The molecule has 2 atom stereocenters. The van der Waals surface area contributed by atoms with Crippen LogP contribution in [0.15, 0.2) is 87.9 Å². The number of carbonyl (C=O) groups excluding carboxylic acids is 2. The van der Waals surface area contributed by atoms with Crippen molar-refractivity contribution in [3.8, 4) is 5.75 Å². The third kappa shape index (κ3) is 6.42. The molecule has 0 radical (unpaired) electrons. The molecule has 0 spiro atoms. The Balaban J connectivity index is 1.34. The first-order chi connectivity index (χ1) is 18.9. The summed E-state index contributed by atoms with van der Waals surface area (Å²) in [6.07, 6.45) is 4.37. The summed E-state index contributed by atoms with van der Waals surface area (Å²) in [6, 6.07) is 18.7. The Labute approximate surface area is 233 Å². The molecule has 5 rings (SSSR count). The van der Waals surface area contributed by atoms with Crippen molar-refractivity contribution in [2.24, 2.45) is 11.0 Å². The first kappa shape index (κ1) is 26.7. The minimum absolute atomic E-state index is 0.115. The first-order valence-corrected chi connectivity index (χ1v) is 13.3. The predicted molar refractivity (Wildman–Crippen MR) is 146 cm³/mol. The van der Waals surface area contributed by atoms with Gasteiger partial charge in [0.05, 0.1) is 11.8 Å². The van der Waals surface area contributed by atoms with Crippen LogP contribution in [0.3, 0.4) is 0 Å². The molecule has 6 nitrogen and oxygen atoms in total. The normalized spacial score (nSPS) is 19.4. The topological polar surface area (TPSA) is 68.2 Å². The summed E-state index contributed by atoms with van der Waals surface area (Å²) in [4.78, 5) is 25.6. The molecule has 1 fully saturated rings. The molecule has 1 heterocycles. The second kappa shape index (κ2) is 11.9. The summed E-state index contributed by atoms with van der Waals surface area (Å²) in [7, 11) is 0. The number of esters is 1. The molecule has 2 aliphatic rings. The molecule has 0 bridgehead atoms. The molecule has 39 heavy (non-hydrogen) atoms. The fourth-order valence-corrected chi connectivity index (χ4v) is 5.15. The minimum Gasteiger partial charge on any atom is -0.482 e. The van der Waals surface area contributed by atoms with Crippen molar-refractivity contribution < 1.29 is 27.8 Å². The summed E-state index contributed by atoms with van der Waals surface area (Å²) in [5.74, 6) is -1.50. The maximum atomic E-state index is 13.7. The standard InChI is InChI=1S/C30H25BrF2N2O4/c31-22-8-14-25(15-9-22)38-18-28(37)39-17-27(36)35-30(20-6-12-24(33)13-7-20)26-3-1-2-21(29(26)34-35)16-19-4-10-23(32)11-5-19/h4-16,26,30H,1-3,17-18H2. The molecule has 1 aliphatic carbocycles. The molecule has 0 saturated heterocycles. The lowest BCUT2D eigenvalue weighted by Crippen LogP contribution is -2.35. The summed E-state index contributed by atoms with van der Waals surface area (Å²) >= 11 is 3.33. The van der Waals surface area contributed by atoms with Crippen LogP contribution in [-0.4, -0.2) is 35.8 Å². The molecule has 2 unspecified atom stereocenters. The average molecular weight is 595 g/mol. The number of amides is 1. The smallest absolute Gasteiger partial charge is 0.344 e. The summed E-state index contributed by atoms with van der Waals surface area (Å²) in [5, 5.41) is 6.05. The van der Waals surface area contributed by atoms with Gasteiger partial charge >= 0.3 is 5.97 Å². The van der Waals surface area contributed by atoms with Gasteiger partial charge in [-0.2, -0.15) is 5.10 Å². The Kier molecular flexibility index (Phi) is 8.16. The van der Waals surface area contributed by atoms with E-state index in [1.54, 1.807) is 48.5 Å². The van der Waals surface area contributed by atoms with Gasteiger partial charge in [-0.05, 0) is 90.6 Å². The third-order valence-corrected chi connectivity index (χ3v) is 7.24. The molecule has 0 aromatic heterocycles. The SMILES string of the molecule is O=C(COc1ccc(Br)cc1)OCC(=O)N1N=C2C(=Cc3ccc(F)cc3)CCCC2C1c1ccc(F)cc1. The zero-order valence-corrected chi connectivity index (χ0v) is 22.4. The number of hydrogen-bond donors (Lipinski definition) is 0. The van der Waals surface area contributed by atoms with Crippen LogP contribution in [0.5, 0.6) is 5.75 Å². The zero-order valence-electron chi connectivity index (χ0n) is 20.9. The molecule has 1 saturated carbocycles. The molecular weight excluding hydrogens is 570 g/mol. The highest BCUT2D eigenvalue weighted by atomic mass is 79.9. The number of rotatable bonds is 7. The minimum atomic E-state index is -0.689. The second-order valence-corrected chi connectivity index (χ2v) is 10.3. The van der Waals surface area contributed by atoms with Gasteiger partial charge < -0.3 is 9.47 Å². The summed E-state index contributed by atoms with van der Waals surface area (Å²) in [5.41, 5.74) is 3.29. The molecule has 0 N–H and O–H groups in total. The molecule has 200 valence electrons. The zero-order chi connectivity index (χ0) is 27.4. The number of hydrogen-bond acceptors (Lipinski definition) is 5. The predicted octanol–water partition coefficient (Wildman–Crippen LogP) is 6.47. The monoisotopic (exact) mass is 594 g/mol. The summed E-state index contributed by atoms with van der Waals surface area (Å²) in [6.45, 7) is -0.862. The molecule has 3 aromatic carbocycles. The van der Waals surface area contributed by atoms with E-state index < -0.39 is 24.5 Å². The van der Waals surface area contributed by atoms with Crippen molar-refractivity contribution in [2.45, 2.75) is 25.3 Å². The first-order valence-electron chi connectivity index (χ1n) is 12.5. The Morgan fingerprint density at radius 2 is 1.62 bits per heavy atom. The van der Waals surface area contributed by atoms with E-state index in [1.165, 1.54) is 29.3 Å². The lowest BCUT2D eigenvalue weighted by molar-refractivity contribution is -0.154. The van der Waals surface area contributed by atoms with Gasteiger partial charge in [0.15, 0.2) is 13.2 Å². The van der Waals surface area contributed by atoms with Crippen LogP contribution in [-0.2, 0) is 14.3 Å². The second-order valence-electron chi connectivity index (χ2n) is 9.34. The largest absolute Gasteiger partial charge is 0.482 e. The lowest BCUT2D eigenvalue weighted by Gasteiger charge is -2.29. The van der Waals surface area contributed by atoms with Crippen molar-refractivity contribution >= 4 is 39.6 Å². The van der Waals surface area contributed by atoms with Crippen LogP contribution >= 0.6 is 15.9 Å². The van der Waals surface area contributed by atoms with E-state index in [9.17, 15) is 18.4 Å². The van der Waals surface area contributed by atoms with Crippen LogP contribution < -0.4 is 4.74 Å². The number of allylic oxidation sites excluding steroid dienone is 1. The van der Waals surface area contributed by atoms with Crippen molar-refractivity contribution in [1.82, 2.24) is 5.01 Å². The van der Waals surface area contributed by atoms with Crippen molar-refractivity contribution in [2.75, 3.05) is 13.2 Å². The maximum Gasteiger partial charge on any atom is 0.344 e. The Bertz CT molecular complexity index is 1410. The van der Waals surface area contributed by atoms with Gasteiger partial charge in [0, 0.05) is 10.4 Å². The average Bonchev–Trinajstić information content (AvgIpc) is 3.34. The van der Waals surface area contributed by atoms with E-state index in [0.717, 1.165) is 46.1 Å². The Hall–Kier alpha value is -3.85. The van der Waals surface area contributed by atoms with Gasteiger partial charge in [-0.3, -0.25) is 4.79 Å². The quantitative estimate of drug-likeness (QED) is 0.294. The van der Waals surface area contributed by atoms with Gasteiger partial charge in [-0.25, -0.2) is 18.6 Å². The van der Waals surface area contributed by atoms with Crippen LogP contribution in [0.1, 0.15) is 36.4 Å². The molecule has 9 heteroatoms. The molecule has 1 aliphatic heterocycles. The van der Waals surface area contributed by atoms with E-state index in [-0.39, 0.29) is 24.2 Å². The fraction of sp³-hybridized carbons (Fsp3) is 0.233. The highest BCUT2D eigenvalue weighted by molar-refractivity contribution is 9.10. The van der Waals surface area contributed by atoms with E-state index in [1.807, 2.05) is 6.08 Å². The van der Waals surface area contributed by atoms with Gasteiger partial charge in [-0.15, -0.1) is 0 Å². The van der Waals surface area contributed by atoms with Crippen LogP contribution in [0.25, 0.3) is 6.08 Å². The molecular formula is C30H25BrF2N2O4. The Morgan fingerprint density at radius 3 is 2.31 bits per heavy atom. The van der Waals surface area contributed by atoms with Gasteiger partial charge in [0.25, 0.3) is 5.91 Å². The van der Waals surface area contributed by atoms with Gasteiger partial charge in [0.1, 0.15) is 17.4 Å². The highest BCUT2D eigenvalue weighted by Crippen LogP contribution is 2.44. The Morgan fingerprint density at radius 1 is 0.949 bits per heavy atom. The number of ether oxygens (including phenoxy) is 2. The number of carbonyl (C=O) groups is 2. The molecule has 3 aromatic rings. The number of halogens is 3. The van der Waals surface area contributed by atoms with E-state index in [0.29, 0.717) is 5.75 Å².